The summed E-state index contributed by atoms with van der Waals surface area (Å²) in [6.45, 7) is 11.4. The summed E-state index contributed by atoms with van der Waals surface area (Å²) in [5, 5.41) is 9.08. The van der Waals surface area contributed by atoms with Crippen molar-refractivity contribution in [2.45, 2.75) is 58.3 Å². The number of fused-ring (bicyclic) bond motifs is 1. The van der Waals surface area contributed by atoms with Gasteiger partial charge in [0.05, 0.1) is 0 Å². The van der Waals surface area contributed by atoms with Crippen molar-refractivity contribution < 1.29 is 9.90 Å². The highest BCUT2D eigenvalue weighted by atomic mass is 32.1. The zero-order chi connectivity index (χ0) is 18.4. The van der Waals surface area contributed by atoms with Gasteiger partial charge < -0.3 is 5.11 Å². The van der Waals surface area contributed by atoms with Gasteiger partial charge in [0.25, 0.3) is 0 Å². The van der Waals surface area contributed by atoms with Crippen molar-refractivity contribution in [2.75, 3.05) is 0 Å². The van der Waals surface area contributed by atoms with Gasteiger partial charge in [-0.15, -0.1) is 11.3 Å². The molecule has 0 bridgehead atoms. The Bertz CT molecular complexity index is 853. The third-order valence-corrected chi connectivity index (χ3v) is 6.52. The molecule has 2 nitrogen and oxygen atoms in total. The van der Waals surface area contributed by atoms with E-state index in [1.165, 1.54) is 46.4 Å². The van der Waals surface area contributed by atoms with Gasteiger partial charge in [0.2, 0.25) is 0 Å². The topological polar surface area (TPSA) is 37.3 Å². The zero-order valence-electron chi connectivity index (χ0n) is 15.6. The number of thiophene rings is 1. The van der Waals surface area contributed by atoms with Gasteiger partial charge in [0.1, 0.15) is 4.88 Å². The minimum atomic E-state index is -0.861. The predicted molar refractivity (Wildman–Crippen MR) is 107 cm³/mol. The second kappa shape index (κ2) is 6.14. The molecule has 0 fully saturated rings. The standard InChI is InChI=1S/C22H26O2S/c1-14(12-16-7-9-19(25-16)20(23)24)15-6-8-17-18(13-15)22(4,5)11-10-21(17,2)3/h6-9,12-13H,10-11H2,1-5H3,(H,23,24). The summed E-state index contributed by atoms with van der Waals surface area (Å²) in [5.74, 6) is -0.861. The van der Waals surface area contributed by atoms with Gasteiger partial charge in [0.15, 0.2) is 0 Å². The van der Waals surface area contributed by atoms with Crippen LogP contribution in [0.1, 0.15) is 78.7 Å². The monoisotopic (exact) mass is 354 g/mol. The van der Waals surface area contributed by atoms with E-state index in [1.807, 2.05) is 6.07 Å². The Balaban J connectivity index is 2.00. The molecule has 1 N–H and O–H groups in total. The maximum atomic E-state index is 11.1. The van der Waals surface area contributed by atoms with Crippen molar-refractivity contribution >= 4 is 29.0 Å². The smallest absolute Gasteiger partial charge is 0.345 e. The third-order valence-electron chi connectivity index (χ3n) is 5.50. The van der Waals surface area contributed by atoms with Crippen LogP contribution in [-0.4, -0.2) is 11.1 Å². The van der Waals surface area contributed by atoms with Gasteiger partial charge in [-0.05, 0) is 71.1 Å². The molecule has 0 saturated carbocycles. The molecule has 0 saturated heterocycles. The first-order valence-corrected chi connectivity index (χ1v) is 9.59. The lowest BCUT2D eigenvalue weighted by atomic mass is 9.63. The molecule has 1 aliphatic carbocycles. The highest BCUT2D eigenvalue weighted by Gasteiger charge is 2.36. The number of carboxylic acid groups (broad SMARTS) is 1. The summed E-state index contributed by atoms with van der Waals surface area (Å²) >= 11 is 1.32. The molecule has 2 aromatic rings. The molecule has 0 aliphatic heterocycles. The average Bonchev–Trinajstić information content (AvgIpc) is 3.00. The molecular formula is C22H26O2S. The summed E-state index contributed by atoms with van der Waals surface area (Å²) in [7, 11) is 0. The van der Waals surface area contributed by atoms with Gasteiger partial charge in [-0.1, -0.05) is 45.9 Å². The van der Waals surface area contributed by atoms with Gasteiger partial charge in [-0.3, -0.25) is 0 Å². The number of carbonyl (C=O) groups is 1. The Morgan fingerprint density at radius 3 is 2.28 bits per heavy atom. The molecule has 1 heterocycles. The fourth-order valence-electron chi connectivity index (χ4n) is 3.68. The summed E-state index contributed by atoms with van der Waals surface area (Å²) < 4.78 is 0. The Morgan fingerprint density at radius 2 is 1.68 bits per heavy atom. The average molecular weight is 355 g/mol. The van der Waals surface area contributed by atoms with E-state index >= 15 is 0 Å². The number of allylic oxidation sites excluding steroid dienone is 1. The third kappa shape index (κ3) is 3.43. The first kappa shape index (κ1) is 17.9. The molecular weight excluding hydrogens is 328 g/mol. The summed E-state index contributed by atoms with van der Waals surface area (Å²) in [6, 6.07) is 10.4. The Labute approximate surface area is 154 Å². The first-order valence-electron chi connectivity index (χ1n) is 8.77. The van der Waals surface area contributed by atoms with Crippen LogP contribution in [0, 0.1) is 0 Å². The largest absolute Gasteiger partial charge is 0.477 e. The molecule has 132 valence electrons. The molecule has 0 amide bonds. The molecule has 1 aromatic heterocycles. The second-order valence-electron chi connectivity index (χ2n) is 8.36. The van der Waals surface area contributed by atoms with Crippen LogP contribution in [0.15, 0.2) is 30.3 Å². The van der Waals surface area contributed by atoms with Crippen molar-refractivity contribution in [2.24, 2.45) is 0 Å². The lowest BCUT2D eigenvalue weighted by Gasteiger charge is -2.42. The van der Waals surface area contributed by atoms with Crippen LogP contribution in [0.2, 0.25) is 0 Å². The van der Waals surface area contributed by atoms with Gasteiger partial charge in [-0.2, -0.15) is 0 Å². The Hall–Kier alpha value is -1.87. The number of hydrogen-bond donors (Lipinski definition) is 1. The zero-order valence-corrected chi connectivity index (χ0v) is 16.5. The van der Waals surface area contributed by atoms with E-state index in [4.69, 9.17) is 5.11 Å². The van der Waals surface area contributed by atoms with Crippen LogP contribution in [0.25, 0.3) is 11.6 Å². The van der Waals surface area contributed by atoms with Crippen molar-refractivity contribution in [3.63, 3.8) is 0 Å². The molecule has 0 spiro atoms. The normalized spacial score (nSPS) is 18.7. The van der Waals surface area contributed by atoms with Crippen LogP contribution in [0.4, 0.5) is 0 Å². The molecule has 3 rings (SSSR count). The van der Waals surface area contributed by atoms with Crippen LogP contribution in [0.5, 0.6) is 0 Å². The van der Waals surface area contributed by atoms with E-state index in [-0.39, 0.29) is 10.8 Å². The summed E-state index contributed by atoms with van der Waals surface area (Å²) in [5.41, 5.74) is 5.72. The molecule has 0 radical (unpaired) electrons. The minimum absolute atomic E-state index is 0.195. The number of aromatic carboxylic acids is 1. The molecule has 25 heavy (non-hydrogen) atoms. The second-order valence-corrected chi connectivity index (χ2v) is 9.48. The van der Waals surface area contributed by atoms with Crippen LogP contribution in [-0.2, 0) is 10.8 Å². The minimum Gasteiger partial charge on any atom is -0.477 e. The van der Waals surface area contributed by atoms with E-state index < -0.39 is 5.97 Å². The molecule has 0 unspecified atom stereocenters. The maximum absolute atomic E-state index is 11.1. The van der Waals surface area contributed by atoms with Crippen LogP contribution >= 0.6 is 11.3 Å². The van der Waals surface area contributed by atoms with Crippen molar-refractivity contribution in [1.82, 2.24) is 0 Å². The Kier molecular flexibility index (Phi) is 4.40. The number of carboxylic acids is 1. The van der Waals surface area contributed by atoms with Crippen molar-refractivity contribution in [3.8, 4) is 0 Å². The predicted octanol–water partition coefficient (Wildman–Crippen LogP) is 6.36. The van der Waals surface area contributed by atoms with Gasteiger partial charge in [0, 0.05) is 4.88 Å². The highest BCUT2D eigenvalue weighted by Crippen LogP contribution is 2.46. The Morgan fingerprint density at radius 1 is 1.04 bits per heavy atom. The SMILES string of the molecule is CC(=Cc1ccc(C(=O)O)s1)c1ccc2c(c1)C(C)(C)CCC2(C)C. The fraction of sp³-hybridized carbons (Fsp3) is 0.409. The van der Waals surface area contributed by atoms with Crippen molar-refractivity contribution in [3.05, 3.63) is 56.8 Å². The van der Waals surface area contributed by atoms with E-state index in [0.717, 1.165) is 4.88 Å². The number of benzene rings is 1. The molecule has 0 atom stereocenters. The summed E-state index contributed by atoms with van der Waals surface area (Å²) in [4.78, 5) is 12.4. The molecule has 1 aromatic carbocycles. The van der Waals surface area contributed by atoms with Crippen molar-refractivity contribution in [1.29, 1.82) is 0 Å². The molecule has 1 aliphatic rings. The molecule has 3 heteroatoms. The van der Waals surface area contributed by atoms with Gasteiger partial charge in [-0.25, -0.2) is 4.79 Å². The first-order chi connectivity index (χ1) is 11.6. The fourth-order valence-corrected chi connectivity index (χ4v) is 4.53. The quantitative estimate of drug-likeness (QED) is 0.696. The lowest BCUT2D eigenvalue weighted by molar-refractivity contribution is 0.0702. The summed E-state index contributed by atoms with van der Waals surface area (Å²) in [6.07, 6.45) is 4.50. The highest BCUT2D eigenvalue weighted by molar-refractivity contribution is 7.14. The van der Waals surface area contributed by atoms with E-state index in [2.05, 4.69) is 58.9 Å². The number of rotatable bonds is 3. The van der Waals surface area contributed by atoms with Crippen LogP contribution < -0.4 is 0 Å². The van der Waals surface area contributed by atoms with Gasteiger partial charge >= 0.3 is 5.97 Å². The van der Waals surface area contributed by atoms with Crippen LogP contribution in [0.3, 0.4) is 0 Å². The lowest BCUT2D eigenvalue weighted by Crippen LogP contribution is -2.33. The van der Waals surface area contributed by atoms with E-state index in [9.17, 15) is 4.79 Å². The van der Waals surface area contributed by atoms with E-state index in [1.54, 1.807) is 6.07 Å². The maximum Gasteiger partial charge on any atom is 0.345 e. The van der Waals surface area contributed by atoms with E-state index in [0.29, 0.717) is 4.88 Å². The number of hydrogen-bond acceptors (Lipinski definition) is 2.